The Morgan fingerprint density at radius 2 is 1.73 bits per heavy atom. The molecule has 0 unspecified atom stereocenters. The Bertz CT molecular complexity index is 272. The number of benzene rings is 1. The van der Waals surface area contributed by atoms with Crippen LogP contribution in [0.3, 0.4) is 0 Å². The van der Waals surface area contributed by atoms with E-state index >= 15 is 0 Å². The molecule has 1 saturated heterocycles. The molecule has 80 valence electrons. The molecule has 4 heteroatoms. The van der Waals surface area contributed by atoms with Crippen LogP contribution < -0.4 is 15.5 Å². The predicted molar refractivity (Wildman–Crippen MR) is 62.0 cm³/mol. The number of hydrogen-bond acceptors (Lipinski definition) is 3. The van der Waals surface area contributed by atoms with Gasteiger partial charge in [0.25, 0.3) is 0 Å². The molecule has 0 spiro atoms. The highest BCUT2D eigenvalue weighted by molar-refractivity contribution is 6.32. The SMILES string of the molecule is COC.[B]c1ccc(OC2CNC2)cc1. The van der Waals surface area contributed by atoms with Crippen molar-refractivity contribution in [1.29, 1.82) is 0 Å². The highest BCUT2D eigenvalue weighted by Crippen LogP contribution is 2.11. The smallest absolute Gasteiger partial charge is 0.123 e. The summed E-state index contributed by atoms with van der Waals surface area (Å²) in [4.78, 5) is 0. The van der Waals surface area contributed by atoms with Crippen molar-refractivity contribution in [3.05, 3.63) is 24.3 Å². The molecule has 0 atom stereocenters. The Kier molecular flexibility index (Phi) is 5.22. The molecule has 1 aliphatic rings. The van der Waals surface area contributed by atoms with Gasteiger partial charge in [-0.3, -0.25) is 0 Å². The molecular formula is C11H16BNO2. The van der Waals surface area contributed by atoms with Gasteiger partial charge in [0, 0.05) is 27.3 Å². The quantitative estimate of drug-likeness (QED) is 0.694. The van der Waals surface area contributed by atoms with E-state index in [9.17, 15) is 0 Å². The van der Waals surface area contributed by atoms with Gasteiger partial charge in [0.05, 0.1) is 0 Å². The lowest BCUT2D eigenvalue weighted by Gasteiger charge is -2.27. The fourth-order valence-electron chi connectivity index (χ4n) is 1.08. The van der Waals surface area contributed by atoms with E-state index in [4.69, 9.17) is 12.6 Å². The predicted octanol–water partition coefficient (Wildman–Crippen LogP) is 0.0936. The number of nitrogens with one attached hydrogen (secondary N) is 1. The maximum absolute atomic E-state index is 5.59. The first kappa shape index (κ1) is 12.1. The maximum Gasteiger partial charge on any atom is 0.123 e. The van der Waals surface area contributed by atoms with E-state index in [0.29, 0.717) is 6.10 Å². The zero-order valence-corrected chi connectivity index (χ0v) is 9.19. The lowest BCUT2D eigenvalue weighted by atomic mass is 9.97. The minimum atomic E-state index is 0.341. The van der Waals surface area contributed by atoms with Crippen molar-refractivity contribution in [1.82, 2.24) is 5.32 Å². The maximum atomic E-state index is 5.59. The van der Waals surface area contributed by atoms with Gasteiger partial charge in [-0.2, -0.15) is 0 Å². The van der Waals surface area contributed by atoms with Crippen LogP contribution in [-0.4, -0.2) is 41.3 Å². The van der Waals surface area contributed by atoms with Crippen LogP contribution in [0, 0.1) is 0 Å². The fraction of sp³-hybridized carbons (Fsp3) is 0.455. The molecule has 3 nitrogen and oxygen atoms in total. The minimum Gasteiger partial charge on any atom is -0.488 e. The Hall–Kier alpha value is -0.995. The van der Waals surface area contributed by atoms with Crippen molar-refractivity contribution in [3.8, 4) is 5.75 Å². The van der Waals surface area contributed by atoms with Crippen LogP contribution in [0.25, 0.3) is 0 Å². The van der Waals surface area contributed by atoms with Gasteiger partial charge in [-0.05, 0) is 12.1 Å². The molecule has 1 aliphatic heterocycles. The molecule has 1 heterocycles. The second kappa shape index (κ2) is 6.48. The highest BCUT2D eigenvalue weighted by atomic mass is 16.5. The summed E-state index contributed by atoms with van der Waals surface area (Å²) in [5, 5.41) is 3.14. The van der Waals surface area contributed by atoms with Crippen molar-refractivity contribution in [2.45, 2.75) is 6.10 Å². The van der Waals surface area contributed by atoms with E-state index in [1.165, 1.54) is 0 Å². The number of hydrogen-bond donors (Lipinski definition) is 1. The molecule has 0 bridgehead atoms. The van der Waals surface area contributed by atoms with Crippen LogP contribution in [0.15, 0.2) is 24.3 Å². The van der Waals surface area contributed by atoms with Crippen LogP contribution in [-0.2, 0) is 4.74 Å². The van der Waals surface area contributed by atoms with Crippen LogP contribution in [0.2, 0.25) is 0 Å². The third-order valence-electron chi connectivity index (χ3n) is 1.93. The first-order valence-corrected chi connectivity index (χ1v) is 4.89. The monoisotopic (exact) mass is 205 g/mol. The van der Waals surface area contributed by atoms with Gasteiger partial charge in [0.15, 0.2) is 0 Å². The highest BCUT2D eigenvalue weighted by Gasteiger charge is 2.17. The summed E-state index contributed by atoms with van der Waals surface area (Å²) in [5.74, 6) is 0.899. The molecule has 2 radical (unpaired) electrons. The van der Waals surface area contributed by atoms with Crippen LogP contribution in [0.4, 0.5) is 0 Å². The van der Waals surface area contributed by atoms with Crippen LogP contribution >= 0.6 is 0 Å². The molecule has 15 heavy (non-hydrogen) atoms. The average molecular weight is 205 g/mol. The summed E-state index contributed by atoms with van der Waals surface area (Å²) in [6.07, 6.45) is 0.341. The van der Waals surface area contributed by atoms with Crippen LogP contribution in [0.5, 0.6) is 5.75 Å². The molecule has 0 aromatic heterocycles. The van der Waals surface area contributed by atoms with Crippen molar-refractivity contribution in [3.63, 3.8) is 0 Å². The molecule has 1 aromatic rings. The van der Waals surface area contributed by atoms with Gasteiger partial charge in [-0.15, -0.1) is 0 Å². The zero-order valence-electron chi connectivity index (χ0n) is 9.19. The summed E-state index contributed by atoms with van der Waals surface area (Å²) < 4.78 is 9.84. The first-order chi connectivity index (χ1) is 7.26. The Morgan fingerprint density at radius 1 is 1.20 bits per heavy atom. The molecule has 1 fully saturated rings. The Morgan fingerprint density at radius 3 is 2.13 bits per heavy atom. The molecule has 0 amide bonds. The number of rotatable bonds is 2. The van der Waals surface area contributed by atoms with E-state index < -0.39 is 0 Å². The second-order valence-electron chi connectivity index (χ2n) is 3.38. The van der Waals surface area contributed by atoms with Crippen molar-refractivity contribution < 1.29 is 9.47 Å². The Labute approximate surface area is 92.2 Å². The van der Waals surface area contributed by atoms with Crippen molar-refractivity contribution >= 4 is 13.3 Å². The van der Waals surface area contributed by atoms with Gasteiger partial charge >= 0.3 is 0 Å². The second-order valence-corrected chi connectivity index (χ2v) is 3.38. The fourth-order valence-corrected chi connectivity index (χ4v) is 1.08. The zero-order chi connectivity index (χ0) is 11.1. The molecule has 1 N–H and O–H groups in total. The molecule has 1 aromatic carbocycles. The van der Waals surface area contributed by atoms with E-state index in [-0.39, 0.29) is 0 Å². The summed E-state index contributed by atoms with van der Waals surface area (Å²) in [6.45, 7) is 1.90. The molecule has 2 rings (SSSR count). The lowest BCUT2D eigenvalue weighted by Crippen LogP contribution is -2.50. The first-order valence-electron chi connectivity index (χ1n) is 4.89. The van der Waals surface area contributed by atoms with Gasteiger partial charge in [-0.25, -0.2) is 0 Å². The van der Waals surface area contributed by atoms with Gasteiger partial charge in [0.2, 0.25) is 0 Å². The third-order valence-corrected chi connectivity index (χ3v) is 1.93. The molecule has 0 aliphatic carbocycles. The minimum absolute atomic E-state index is 0.341. The summed E-state index contributed by atoms with van der Waals surface area (Å²) >= 11 is 0. The van der Waals surface area contributed by atoms with Gasteiger partial charge in [-0.1, -0.05) is 17.6 Å². The molecular weight excluding hydrogens is 189 g/mol. The normalized spacial score (nSPS) is 14.8. The van der Waals surface area contributed by atoms with Crippen molar-refractivity contribution in [2.75, 3.05) is 27.3 Å². The summed E-state index contributed by atoms with van der Waals surface area (Å²) in [6, 6.07) is 7.49. The average Bonchev–Trinajstić information content (AvgIpc) is 2.15. The van der Waals surface area contributed by atoms with E-state index in [0.717, 1.165) is 24.3 Å². The number of methoxy groups -OCH3 is 1. The lowest BCUT2D eigenvalue weighted by molar-refractivity contribution is 0.142. The largest absolute Gasteiger partial charge is 0.488 e. The summed E-state index contributed by atoms with van der Waals surface area (Å²) in [5.41, 5.74) is 0.772. The van der Waals surface area contributed by atoms with Crippen molar-refractivity contribution in [2.24, 2.45) is 0 Å². The Balaban J connectivity index is 0.000000337. The van der Waals surface area contributed by atoms with E-state index in [1.807, 2.05) is 24.3 Å². The van der Waals surface area contributed by atoms with Gasteiger partial charge < -0.3 is 14.8 Å². The van der Waals surface area contributed by atoms with E-state index in [1.54, 1.807) is 14.2 Å². The number of ether oxygens (including phenoxy) is 2. The standard InChI is InChI=1S/C9H10BNO.C2H6O/c10-7-1-3-8(4-2-7)12-9-5-11-6-9;1-3-2/h1-4,9,11H,5-6H2;1-2H3. The third kappa shape index (κ3) is 4.36. The van der Waals surface area contributed by atoms with E-state index in [2.05, 4.69) is 10.1 Å². The summed E-state index contributed by atoms with van der Waals surface area (Å²) in [7, 11) is 8.79. The molecule has 0 saturated carbocycles. The van der Waals surface area contributed by atoms with Gasteiger partial charge in [0.1, 0.15) is 19.7 Å². The topological polar surface area (TPSA) is 30.5 Å². The van der Waals surface area contributed by atoms with Crippen LogP contribution in [0.1, 0.15) is 0 Å².